The van der Waals surface area contributed by atoms with Crippen LogP contribution >= 0.6 is 0 Å². The molecule has 19 heavy (non-hydrogen) atoms. The zero-order chi connectivity index (χ0) is 12.9. The predicted octanol–water partition coefficient (Wildman–Crippen LogP) is 2.54. The molecule has 0 radical (unpaired) electrons. The van der Waals surface area contributed by atoms with Crippen LogP contribution in [0, 0.1) is 0 Å². The molecule has 1 fully saturated rings. The molecule has 0 amide bonds. The highest BCUT2D eigenvalue weighted by atomic mass is 16.5. The van der Waals surface area contributed by atoms with Gasteiger partial charge in [0, 0.05) is 37.5 Å². The maximum Gasteiger partial charge on any atom is 0.148 e. The number of ether oxygens (including phenoxy) is 1. The Balaban J connectivity index is 1.86. The Morgan fingerprint density at radius 2 is 1.95 bits per heavy atom. The summed E-state index contributed by atoms with van der Waals surface area (Å²) >= 11 is 0. The van der Waals surface area contributed by atoms with E-state index in [0.717, 1.165) is 25.3 Å². The van der Waals surface area contributed by atoms with Crippen LogP contribution in [-0.4, -0.2) is 35.2 Å². The highest BCUT2D eigenvalue weighted by molar-refractivity contribution is 5.44. The van der Waals surface area contributed by atoms with Gasteiger partial charge in [-0.05, 0) is 25.2 Å². The fourth-order valence-electron chi connectivity index (χ4n) is 3.61. The first-order valence-corrected chi connectivity index (χ1v) is 6.87. The van der Waals surface area contributed by atoms with Crippen molar-refractivity contribution in [2.75, 3.05) is 20.1 Å². The fourth-order valence-corrected chi connectivity index (χ4v) is 3.61. The molecule has 98 valence electrons. The maximum absolute atomic E-state index is 6.40. The second-order valence-corrected chi connectivity index (χ2v) is 5.73. The quantitative estimate of drug-likeness (QED) is 0.778. The predicted molar refractivity (Wildman–Crippen MR) is 74.5 cm³/mol. The molecular formula is C16H18N2O. The van der Waals surface area contributed by atoms with Crippen molar-refractivity contribution in [2.45, 2.75) is 18.1 Å². The smallest absolute Gasteiger partial charge is 0.148 e. The molecule has 0 aliphatic carbocycles. The van der Waals surface area contributed by atoms with E-state index in [4.69, 9.17) is 4.74 Å². The number of nitrogens with zero attached hydrogens (tertiary/aromatic N) is 2. The van der Waals surface area contributed by atoms with Crippen molar-refractivity contribution >= 4 is 0 Å². The van der Waals surface area contributed by atoms with Gasteiger partial charge in [-0.2, -0.15) is 0 Å². The number of hydrogen-bond donors (Lipinski definition) is 0. The number of likely N-dealkylation sites (N-methyl/N-ethyl adjacent to an activating group) is 1. The third-order valence-electron chi connectivity index (χ3n) is 4.41. The normalized spacial score (nSPS) is 29.6. The van der Waals surface area contributed by atoms with E-state index < -0.39 is 0 Å². The third kappa shape index (κ3) is 1.55. The average Bonchev–Trinajstić information content (AvgIpc) is 3.08. The first-order chi connectivity index (χ1) is 9.28. The van der Waals surface area contributed by atoms with Crippen LogP contribution in [0.1, 0.15) is 18.0 Å². The van der Waals surface area contributed by atoms with Crippen molar-refractivity contribution < 1.29 is 4.74 Å². The van der Waals surface area contributed by atoms with Gasteiger partial charge in [0.15, 0.2) is 0 Å². The van der Waals surface area contributed by atoms with Gasteiger partial charge in [-0.25, -0.2) is 0 Å². The number of hydrogen-bond acceptors (Lipinski definition) is 2. The van der Waals surface area contributed by atoms with E-state index in [1.807, 2.05) is 0 Å². The lowest BCUT2D eigenvalue weighted by atomic mass is 9.90. The molecule has 1 saturated heterocycles. The summed E-state index contributed by atoms with van der Waals surface area (Å²) in [5.41, 5.74) is 1.21. The molecular weight excluding hydrogens is 236 g/mol. The number of likely N-dealkylation sites (tertiary alicyclic amines) is 1. The van der Waals surface area contributed by atoms with Gasteiger partial charge in [0.25, 0.3) is 0 Å². The second kappa shape index (κ2) is 3.87. The van der Waals surface area contributed by atoms with E-state index in [-0.39, 0.29) is 5.60 Å². The van der Waals surface area contributed by atoms with Gasteiger partial charge in [0.1, 0.15) is 17.4 Å². The first kappa shape index (κ1) is 11.1. The molecule has 1 aromatic carbocycles. The minimum atomic E-state index is -0.0997. The van der Waals surface area contributed by atoms with Crippen LogP contribution in [0.2, 0.25) is 0 Å². The fraction of sp³-hybridized carbons (Fsp3) is 0.375. The minimum absolute atomic E-state index is 0.0997. The average molecular weight is 254 g/mol. The number of benzene rings is 1. The van der Waals surface area contributed by atoms with Crippen LogP contribution in [-0.2, 0) is 0 Å². The maximum atomic E-state index is 6.40. The summed E-state index contributed by atoms with van der Waals surface area (Å²) in [5, 5.41) is 0. The standard InChI is InChI=1S/C16H18N2O/c1-17-11-8-16(12-17)15(18-9-4-5-10-18)13-6-2-3-7-14(13)19-16/h2-7,9-10,15H,8,11-12H2,1H3. The van der Waals surface area contributed by atoms with Crippen LogP contribution in [0.25, 0.3) is 0 Å². The van der Waals surface area contributed by atoms with E-state index in [2.05, 4.69) is 65.3 Å². The van der Waals surface area contributed by atoms with Gasteiger partial charge in [-0.1, -0.05) is 18.2 Å². The lowest BCUT2D eigenvalue weighted by molar-refractivity contribution is 0.0695. The molecule has 2 aliphatic heterocycles. The largest absolute Gasteiger partial charge is 0.483 e. The van der Waals surface area contributed by atoms with E-state index in [1.165, 1.54) is 5.56 Å². The van der Waals surface area contributed by atoms with E-state index >= 15 is 0 Å². The Hall–Kier alpha value is -1.74. The van der Waals surface area contributed by atoms with Crippen molar-refractivity contribution in [3.63, 3.8) is 0 Å². The molecule has 2 unspecified atom stereocenters. The van der Waals surface area contributed by atoms with Crippen LogP contribution in [0.3, 0.4) is 0 Å². The number of rotatable bonds is 1. The summed E-state index contributed by atoms with van der Waals surface area (Å²) in [6, 6.07) is 12.9. The molecule has 1 aromatic heterocycles. The molecule has 2 atom stereocenters. The summed E-state index contributed by atoms with van der Waals surface area (Å²) < 4.78 is 8.70. The SMILES string of the molecule is CN1CCC2(C1)Oc1ccccc1C2n1cccc1. The Bertz CT molecular complexity index is 593. The Kier molecular flexibility index (Phi) is 2.27. The second-order valence-electron chi connectivity index (χ2n) is 5.73. The summed E-state index contributed by atoms with van der Waals surface area (Å²) in [6.45, 7) is 2.09. The molecule has 3 heteroatoms. The Morgan fingerprint density at radius 1 is 1.16 bits per heavy atom. The summed E-state index contributed by atoms with van der Waals surface area (Å²) in [6.07, 6.45) is 5.38. The Morgan fingerprint density at radius 3 is 2.68 bits per heavy atom. The van der Waals surface area contributed by atoms with Crippen LogP contribution < -0.4 is 4.74 Å². The number of aromatic nitrogens is 1. The van der Waals surface area contributed by atoms with Crippen molar-refractivity contribution in [1.29, 1.82) is 0 Å². The molecule has 2 aliphatic rings. The van der Waals surface area contributed by atoms with Crippen LogP contribution in [0.5, 0.6) is 5.75 Å². The van der Waals surface area contributed by atoms with Gasteiger partial charge in [-0.15, -0.1) is 0 Å². The van der Waals surface area contributed by atoms with Gasteiger partial charge in [0.2, 0.25) is 0 Å². The lowest BCUT2D eigenvalue weighted by Crippen LogP contribution is -2.43. The van der Waals surface area contributed by atoms with Crippen molar-refractivity contribution in [2.24, 2.45) is 0 Å². The summed E-state index contributed by atoms with van der Waals surface area (Å²) in [5.74, 6) is 1.05. The lowest BCUT2D eigenvalue weighted by Gasteiger charge is -2.31. The molecule has 1 spiro atoms. The topological polar surface area (TPSA) is 17.4 Å². The molecule has 0 saturated carbocycles. The number of fused-ring (bicyclic) bond motifs is 1. The van der Waals surface area contributed by atoms with E-state index in [9.17, 15) is 0 Å². The van der Waals surface area contributed by atoms with Crippen molar-refractivity contribution in [3.8, 4) is 5.75 Å². The summed E-state index contributed by atoms with van der Waals surface area (Å²) in [4.78, 5) is 2.36. The zero-order valence-corrected chi connectivity index (χ0v) is 11.1. The highest BCUT2D eigenvalue weighted by Crippen LogP contribution is 2.49. The molecule has 3 nitrogen and oxygen atoms in total. The monoisotopic (exact) mass is 254 g/mol. The third-order valence-corrected chi connectivity index (χ3v) is 4.41. The Labute approximate surface area is 113 Å². The van der Waals surface area contributed by atoms with Gasteiger partial charge in [0.05, 0.1) is 0 Å². The van der Waals surface area contributed by atoms with E-state index in [0.29, 0.717) is 6.04 Å². The summed E-state index contributed by atoms with van der Waals surface area (Å²) in [7, 11) is 2.17. The van der Waals surface area contributed by atoms with Crippen LogP contribution in [0.4, 0.5) is 0 Å². The van der Waals surface area contributed by atoms with Crippen molar-refractivity contribution in [1.82, 2.24) is 9.47 Å². The minimum Gasteiger partial charge on any atom is -0.483 e. The highest BCUT2D eigenvalue weighted by Gasteiger charge is 2.52. The molecule has 0 N–H and O–H groups in total. The molecule has 3 heterocycles. The van der Waals surface area contributed by atoms with E-state index in [1.54, 1.807) is 0 Å². The van der Waals surface area contributed by atoms with Gasteiger partial charge < -0.3 is 14.2 Å². The molecule has 0 bridgehead atoms. The van der Waals surface area contributed by atoms with Crippen LogP contribution in [0.15, 0.2) is 48.8 Å². The zero-order valence-electron chi connectivity index (χ0n) is 11.1. The molecule has 4 rings (SSSR count). The molecule has 2 aromatic rings. The van der Waals surface area contributed by atoms with Crippen molar-refractivity contribution in [3.05, 3.63) is 54.4 Å². The first-order valence-electron chi connectivity index (χ1n) is 6.87. The van der Waals surface area contributed by atoms with Gasteiger partial charge in [-0.3, -0.25) is 0 Å². The number of para-hydroxylation sites is 1. The van der Waals surface area contributed by atoms with Gasteiger partial charge >= 0.3 is 0 Å².